The second kappa shape index (κ2) is 7.08. The smallest absolute Gasteiger partial charge is 0.308 e. The highest BCUT2D eigenvalue weighted by Gasteiger charge is 2.28. The topological polar surface area (TPSA) is 87.2 Å². The van der Waals surface area contributed by atoms with Gasteiger partial charge in [-0.05, 0) is 18.4 Å². The zero-order valence-electron chi connectivity index (χ0n) is 13.9. The quantitative estimate of drug-likeness (QED) is 0.489. The second-order valence-electron chi connectivity index (χ2n) is 5.88. The Morgan fingerprint density at radius 2 is 2.35 bits per heavy atom. The minimum Gasteiger partial charge on any atom is -0.459 e. The largest absolute Gasteiger partial charge is 0.459 e. The van der Waals surface area contributed by atoms with Crippen molar-refractivity contribution in [3.8, 4) is 10.6 Å². The molecule has 0 aromatic carbocycles. The van der Waals surface area contributed by atoms with Crippen LogP contribution in [0.15, 0.2) is 44.1 Å². The summed E-state index contributed by atoms with van der Waals surface area (Å²) in [5, 5.41) is 6.53. The molecule has 0 amide bonds. The lowest BCUT2D eigenvalue weighted by Crippen LogP contribution is -2.26. The normalized spacial score (nSPS) is 15.8. The van der Waals surface area contributed by atoms with Gasteiger partial charge in [0.1, 0.15) is 12.3 Å². The molecule has 4 rings (SSSR count). The highest BCUT2D eigenvalue weighted by Crippen LogP contribution is 2.32. The molecule has 7 nitrogen and oxygen atoms in total. The maximum Gasteiger partial charge on any atom is 0.308 e. The van der Waals surface area contributed by atoms with E-state index in [9.17, 15) is 9.59 Å². The van der Waals surface area contributed by atoms with Crippen LogP contribution in [0.2, 0.25) is 0 Å². The predicted octanol–water partition coefficient (Wildman–Crippen LogP) is 3.05. The molecule has 0 spiro atoms. The van der Waals surface area contributed by atoms with Gasteiger partial charge < -0.3 is 9.26 Å². The summed E-state index contributed by atoms with van der Waals surface area (Å²) in [6.45, 7) is 1.83. The first-order valence-electron chi connectivity index (χ1n) is 7.98. The highest BCUT2D eigenvalue weighted by atomic mass is 32.2. The number of esters is 1. The van der Waals surface area contributed by atoms with Gasteiger partial charge in [0.05, 0.1) is 17.3 Å². The van der Waals surface area contributed by atoms with Crippen LogP contribution in [-0.4, -0.2) is 26.4 Å². The Bertz CT molecular complexity index is 994. The summed E-state index contributed by atoms with van der Waals surface area (Å²) in [4.78, 5) is 29.6. The van der Waals surface area contributed by atoms with E-state index in [1.54, 1.807) is 28.9 Å². The molecular formula is C17H15N3O4S2. The number of aromatic nitrogens is 3. The Morgan fingerprint density at radius 1 is 1.46 bits per heavy atom. The fourth-order valence-electron chi connectivity index (χ4n) is 2.73. The van der Waals surface area contributed by atoms with Gasteiger partial charge >= 0.3 is 5.97 Å². The van der Waals surface area contributed by atoms with Crippen molar-refractivity contribution in [3.63, 3.8) is 0 Å². The number of thiophene rings is 1. The Kier molecular flexibility index (Phi) is 4.64. The van der Waals surface area contributed by atoms with Crippen molar-refractivity contribution in [3.05, 3.63) is 51.4 Å². The van der Waals surface area contributed by atoms with Crippen LogP contribution in [0.1, 0.15) is 23.9 Å². The molecule has 3 aromatic rings. The van der Waals surface area contributed by atoms with Gasteiger partial charge in [0, 0.05) is 23.6 Å². The van der Waals surface area contributed by atoms with E-state index in [2.05, 4.69) is 10.1 Å². The van der Waals surface area contributed by atoms with Crippen molar-refractivity contribution < 1.29 is 14.1 Å². The van der Waals surface area contributed by atoms with Crippen molar-refractivity contribution in [2.24, 2.45) is 0 Å². The molecule has 9 heteroatoms. The SMILES string of the molecule is Cc1cc(=O)n2c(n1)SCC2CC(=O)OCc1cc(-c2cccs2)on1. The third-order valence-electron chi connectivity index (χ3n) is 3.92. The molecule has 1 aliphatic rings. The van der Waals surface area contributed by atoms with Gasteiger partial charge in [-0.3, -0.25) is 14.2 Å². The summed E-state index contributed by atoms with van der Waals surface area (Å²) >= 11 is 3.03. The van der Waals surface area contributed by atoms with E-state index in [1.165, 1.54) is 17.8 Å². The fraction of sp³-hybridized carbons (Fsp3) is 0.294. The first-order valence-corrected chi connectivity index (χ1v) is 9.85. The van der Waals surface area contributed by atoms with Crippen LogP contribution >= 0.6 is 23.1 Å². The van der Waals surface area contributed by atoms with E-state index < -0.39 is 0 Å². The number of thioether (sulfide) groups is 1. The third kappa shape index (κ3) is 3.45. The molecule has 4 heterocycles. The molecule has 3 aromatic heterocycles. The molecule has 0 saturated heterocycles. The van der Waals surface area contributed by atoms with E-state index in [0.29, 0.717) is 28.1 Å². The Morgan fingerprint density at radius 3 is 3.15 bits per heavy atom. The Balaban J connectivity index is 1.37. The number of carbonyl (C=O) groups is 1. The lowest BCUT2D eigenvalue weighted by Gasteiger charge is -2.12. The standard InChI is InChI=1S/C17H15N3O4S2/c1-10-5-15(21)20-12(9-26-17(20)18-10)7-16(22)23-8-11-6-13(24-19-11)14-3-2-4-25-14/h2-6,12H,7-9H2,1H3. The number of rotatable bonds is 5. The molecule has 0 fully saturated rings. The molecule has 0 radical (unpaired) electrons. The van der Waals surface area contributed by atoms with Crippen molar-refractivity contribution in [1.82, 2.24) is 14.7 Å². The average Bonchev–Trinajstić information content (AvgIpc) is 3.33. The summed E-state index contributed by atoms with van der Waals surface area (Å²) in [7, 11) is 0. The summed E-state index contributed by atoms with van der Waals surface area (Å²) in [5.41, 5.74) is 1.11. The molecule has 134 valence electrons. The second-order valence-corrected chi connectivity index (χ2v) is 7.81. The van der Waals surface area contributed by atoms with Crippen LogP contribution in [-0.2, 0) is 16.1 Å². The van der Waals surface area contributed by atoms with E-state index in [4.69, 9.17) is 9.26 Å². The molecule has 0 aliphatic carbocycles. The van der Waals surface area contributed by atoms with E-state index in [1.807, 2.05) is 17.5 Å². The van der Waals surface area contributed by atoms with Crippen LogP contribution < -0.4 is 5.56 Å². The van der Waals surface area contributed by atoms with Crippen molar-refractivity contribution in [1.29, 1.82) is 0 Å². The van der Waals surface area contributed by atoms with Gasteiger partial charge in [-0.1, -0.05) is 23.0 Å². The van der Waals surface area contributed by atoms with Gasteiger partial charge in [-0.15, -0.1) is 11.3 Å². The van der Waals surface area contributed by atoms with Gasteiger partial charge in [0.2, 0.25) is 0 Å². The zero-order valence-corrected chi connectivity index (χ0v) is 15.5. The van der Waals surface area contributed by atoms with Crippen LogP contribution in [0.3, 0.4) is 0 Å². The summed E-state index contributed by atoms with van der Waals surface area (Å²) in [5.74, 6) is 0.907. The van der Waals surface area contributed by atoms with Gasteiger partial charge in [0.15, 0.2) is 10.9 Å². The van der Waals surface area contributed by atoms with Gasteiger partial charge in [-0.25, -0.2) is 4.98 Å². The maximum atomic E-state index is 12.2. The van der Waals surface area contributed by atoms with E-state index in [0.717, 1.165) is 4.88 Å². The third-order valence-corrected chi connectivity index (χ3v) is 5.91. The highest BCUT2D eigenvalue weighted by molar-refractivity contribution is 7.99. The number of ether oxygens (including phenoxy) is 1. The molecule has 0 N–H and O–H groups in total. The van der Waals surface area contributed by atoms with Crippen LogP contribution in [0.5, 0.6) is 0 Å². The molecule has 0 bridgehead atoms. The first kappa shape index (κ1) is 17.0. The predicted molar refractivity (Wildman–Crippen MR) is 97.2 cm³/mol. The Labute approximate surface area is 157 Å². The summed E-state index contributed by atoms with van der Waals surface area (Å²) < 4.78 is 12.1. The number of fused-ring (bicyclic) bond motifs is 1. The summed E-state index contributed by atoms with van der Waals surface area (Å²) in [6.07, 6.45) is 0.125. The molecule has 26 heavy (non-hydrogen) atoms. The monoisotopic (exact) mass is 389 g/mol. The number of aryl methyl sites for hydroxylation is 1. The number of hydrogen-bond acceptors (Lipinski definition) is 8. The number of carbonyl (C=O) groups excluding carboxylic acids is 1. The zero-order chi connectivity index (χ0) is 18.1. The van der Waals surface area contributed by atoms with Crippen molar-refractivity contribution >= 4 is 29.1 Å². The molecule has 1 aliphatic heterocycles. The number of hydrogen-bond donors (Lipinski definition) is 0. The molecule has 0 saturated carbocycles. The van der Waals surface area contributed by atoms with E-state index in [-0.39, 0.29) is 30.6 Å². The first-order chi connectivity index (χ1) is 12.6. The molecule has 1 atom stereocenters. The van der Waals surface area contributed by atoms with Gasteiger partial charge in [0.25, 0.3) is 5.56 Å². The lowest BCUT2D eigenvalue weighted by atomic mass is 10.2. The van der Waals surface area contributed by atoms with E-state index >= 15 is 0 Å². The molecular weight excluding hydrogens is 374 g/mol. The lowest BCUT2D eigenvalue weighted by molar-refractivity contribution is -0.145. The fourth-order valence-corrected chi connectivity index (χ4v) is 4.60. The average molecular weight is 389 g/mol. The minimum atomic E-state index is -0.378. The summed E-state index contributed by atoms with van der Waals surface area (Å²) in [6, 6.07) is 6.87. The van der Waals surface area contributed by atoms with Crippen LogP contribution in [0, 0.1) is 6.92 Å². The molecule has 1 unspecified atom stereocenters. The van der Waals surface area contributed by atoms with Crippen LogP contribution in [0.25, 0.3) is 10.6 Å². The minimum absolute atomic E-state index is 0.0431. The maximum absolute atomic E-state index is 12.2. The Hall–Kier alpha value is -2.39. The van der Waals surface area contributed by atoms with Crippen molar-refractivity contribution in [2.75, 3.05) is 5.75 Å². The van der Waals surface area contributed by atoms with Crippen LogP contribution in [0.4, 0.5) is 0 Å². The van der Waals surface area contributed by atoms with Crippen molar-refractivity contribution in [2.45, 2.75) is 31.1 Å². The van der Waals surface area contributed by atoms with Gasteiger partial charge in [-0.2, -0.15) is 0 Å². The number of nitrogens with zero attached hydrogens (tertiary/aromatic N) is 3.